The molecule has 7 nitrogen and oxygen atoms in total. The fourth-order valence-electron chi connectivity index (χ4n) is 2.46. The van der Waals surface area contributed by atoms with E-state index in [-0.39, 0.29) is 5.56 Å². The predicted molar refractivity (Wildman–Crippen MR) is 103 cm³/mol. The van der Waals surface area contributed by atoms with Gasteiger partial charge in [-0.15, -0.1) is 0 Å². The van der Waals surface area contributed by atoms with Gasteiger partial charge in [0.15, 0.2) is 0 Å². The summed E-state index contributed by atoms with van der Waals surface area (Å²) in [5.74, 6) is -0.0272. The largest absolute Gasteiger partial charge is 0.494 e. The summed E-state index contributed by atoms with van der Waals surface area (Å²) in [6.07, 6.45) is 1.10. The highest BCUT2D eigenvalue weighted by atomic mass is 35.5. The Kier molecular flexibility index (Phi) is 5.42. The number of halogens is 1. The molecule has 0 aliphatic heterocycles. The maximum atomic E-state index is 12.7. The Morgan fingerprint density at radius 2 is 1.78 bits per heavy atom. The predicted octanol–water partition coefficient (Wildman–Crippen LogP) is 2.83. The van der Waals surface area contributed by atoms with Crippen LogP contribution in [0.2, 0.25) is 5.02 Å². The first-order valence-corrected chi connectivity index (χ1v) is 8.52. The minimum Gasteiger partial charge on any atom is -0.494 e. The molecule has 0 atom stereocenters. The van der Waals surface area contributed by atoms with Gasteiger partial charge in [-0.05, 0) is 55.5 Å². The van der Waals surface area contributed by atoms with E-state index in [1.54, 1.807) is 48.5 Å². The van der Waals surface area contributed by atoms with Crippen LogP contribution in [0, 0.1) is 0 Å². The van der Waals surface area contributed by atoms with Crippen LogP contribution in [0.15, 0.2) is 64.3 Å². The number of benzene rings is 2. The van der Waals surface area contributed by atoms with Crippen LogP contribution < -0.4 is 21.3 Å². The van der Waals surface area contributed by atoms with Crippen molar-refractivity contribution in [2.24, 2.45) is 0 Å². The average Bonchev–Trinajstić information content (AvgIpc) is 2.65. The van der Waals surface area contributed by atoms with E-state index in [0.29, 0.717) is 28.8 Å². The topological polar surface area (TPSA) is 93.2 Å². The molecule has 3 rings (SSSR count). The number of nitrogens with one attached hydrogen (secondary N) is 2. The van der Waals surface area contributed by atoms with E-state index in [0.717, 1.165) is 10.8 Å². The highest BCUT2D eigenvalue weighted by Gasteiger charge is 2.16. The van der Waals surface area contributed by atoms with Crippen molar-refractivity contribution >= 4 is 23.2 Å². The first-order valence-electron chi connectivity index (χ1n) is 8.14. The number of aromatic amines is 1. The van der Waals surface area contributed by atoms with Crippen molar-refractivity contribution in [2.45, 2.75) is 6.92 Å². The van der Waals surface area contributed by atoms with E-state index < -0.39 is 17.2 Å². The lowest BCUT2D eigenvalue weighted by Crippen LogP contribution is -2.38. The summed E-state index contributed by atoms with van der Waals surface area (Å²) in [7, 11) is 0. The lowest BCUT2D eigenvalue weighted by atomic mass is 10.2. The summed E-state index contributed by atoms with van der Waals surface area (Å²) in [6, 6.07) is 12.9. The third kappa shape index (κ3) is 4.09. The molecule has 1 heterocycles. The molecular weight excluding hydrogens is 370 g/mol. The molecule has 0 unspecified atom stereocenters. The number of hydrogen-bond donors (Lipinski definition) is 2. The number of anilines is 1. The molecule has 0 saturated carbocycles. The summed E-state index contributed by atoms with van der Waals surface area (Å²) >= 11 is 5.81. The summed E-state index contributed by atoms with van der Waals surface area (Å²) in [5, 5.41) is 3.12. The maximum absolute atomic E-state index is 12.7. The van der Waals surface area contributed by atoms with Gasteiger partial charge in [0.2, 0.25) is 0 Å². The fraction of sp³-hybridized carbons (Fsp3) is 0.105. The van der Waals surface area contributed by atoms with Crippen LogP contribution in [0.25, 0.3) is 5.69 Å². The van der Waals surface area contributed by atoms with Crippen LogP contribution in [-0.4, -0.2) is 22.1 Å². The van der Waals surface area contributed by atoms with Crippen molar-refractivity contribution in [1.29, 1.82) is 0 Å². The Labute approximate surface area is 159 Å². The third-order valence-electron chi connectivity index (χ3n) is 3.73. The van der Waals surface area contributed by atoms with Crippen LogP contribution >= 0.6 is 11.6 Å². The monoisotopic (exact) mass is 385 g/mol. The first-order chi connectivity index (χ1) is 13.0. The number of H-pyrrole nitrogens is 1. The van der Waals surface area contributed by atoms with Crippen molar-refractivity contribution in [2.75, 3.05) is 11.9 Å². The van der Waals surface area contributed by atoms with Gasteiger partial charge in [-0.2, -0.15) is 0 Å². The molecule has 27 heavy (non-hydrogen) atoms. The van der Waals surface area contributed by atoms with Gasteiger partial charge in [0.05, 0.1) is 12.3 Å². The summed E-state index contributed by atoms with van der Waals surface area (Å²) in [4.78, 5) is 39.7. The maximum Gasteiger partial charge on any atom is 0.333 e. The smallest absolute Gasteiger partial charge is 0.333 e. The van der Waals surface area contributed by atoms with E-state index in [1.807, 2.05) is 6.92 Å². The van der Waals surface area contributed by atoms with Crippen LogP contribution in [0.4, 0.5) is 5.69 Å². The van der Waals surface area contributed by atoms with Crippen molar-refractivity contribution in [3.63, 3.8) is 0 Å². The molecule has 0 spiro atoms. The summed E-state index contributed by atoms with van der Waals surface area (Å²) in [5.41, 5.74) is -0.770. The number of hydrogen-bond acceptors (Lipinski definition) is 4. The lowest BCUT2D eigenvalue weighted by Gasteiger charge is -2.09. The normalized spacial score (nSPS) is 10.4. The Balaban J connectivity index is 1.95. The first kappa shape index (κ1) is 18.5. The van der Waals surface area contributed by atoms with Gasteiger partial charge >= 0.3 is 5.69 Å². The number of rotatable bonds is 5. The van der Waals surface area contributed by atoms with E-state index in [2.05, 4.69) is 10.3 Å². The molecule has 8 heteroatoms. The zero-order chi connectivity index (χ0) is 19.4. The van der Waals surface area contributed by atoms with Crippen molar-refractivity contribution in [1.82, 2.24) is 9.55 Å². The Morgan fingerprint density at radius 1 is 1.11 bits per heavy atom. The van der Waals surface area contributed by atoms with Gasteiger partial charge in [0.1, 0.15) is 11.3 Å². The number of nitrogens with zero attached hydrogens (tertiary/aromatic N) is 1. The van der Waals surface area contributed by atoms with E-state index >= 15 is 0 Å². The van der Waals surface area contributed by atoms with E-state index in [4.69, 9.17) is 16.3 Å². The van der Waals surface area contributed by atoms with Gasteiger partial charge in [-0.3, -0.25) is 9.59 Å². The minimum atomic E-state index is -0.727. The van der Waals surface area contributed by atoms with Crippen molar-refractivity contribution < 1.29 is 9.53 Å². The summed E-state index contributed by atoms with van der Waals surface area (Å²) < 4.78 is 6.24. The van der Waals surface area contributed by atoms with Crippen LogP contribution in [0.5, 0.6) is 5.75 Å². The second kappa shape index (κ2) is 7.92. The quantitative estimate of drug-likeness (QED) is 0.706. The molecule has 0 radical (unpaired) electrons. The Hall–Kier alpha value is -3.32. The molecule has 138 valence electrons. The lowest BCUT2D eigenvalue weighted by molar-refractivity contribution is 0.102. The zero-order valence-corrected chi connectivity index (χ0v) is 15.1. The molecule has 0 fully saturated rings. The molecule has 0 bridgehead atoms. The number of ether oxygens (including phenoxy) is 1. The molecular formula is C19H16ClN3O4. The molecule has 0 saturated heterocycles. The number of amides is 1. The van der Waals surface area contributed by atoms with Gasteiger partial charge in [0.25, 0.3) is 11.5 Å². The highest BCUT2D eigenvalue weighted by Crippen LogP contribution is 2.15. The number of aromatic nitrogens is 2. The molecule has 3 aromatic rings. The Bertz CT molecular complexity index is 1070. The molecule has 2 aromatic carbocycles. The minimum absolute atomic E-state index is 0.196. The summed E-state index contributed by atoms with van der Waals surface area (Å²) in [6.45, 7) is 2.35. The van der Waals surface area contributed by atoms with Crippen LogP contribution in [-0.2, 0) is 0 Å². The Morgan fingerprint density at radius 3 is 2.41 bits per heavy atom. The highest BCUT2D eigenvalue weighted by molar-refractivity contribution is 6.30. The average molecular weight is 386 g/mol. The second-order valence-corrected chi connectivity index (χ2v) is 5.97. The van der Waals surface area contributed by atoms with Gasteiger partial charge in [0, 0.05) is 16.9 Å². The number of carbonyl (C=O) groups excluding carboxylic acids is 1. The fourth-order valence-corrected chi connectivity index (χ4v) is 2.59. The van der Waals surface area contributed by atoms with Crippen molar-refractivity contribution in [3.8, 4) is 11.4 Å². The second-order valence-electron chi connectivity index (χ2n) is 5.54. The van der Waals surface area contributed by atoms with Crippen LogP contribution in [0.1, 0.15) is 17.3 Å². The molecule has 0 aliphatic rings. The molecule has 0 aliphatic carbocycles. The van der Waals surface area contributed by atoms with Gasteiger partial charge < -0.3 is 15.0 Å². The third-order valence-corrected chi connectivity index (χ3v) is 3.98. The molecule has 1 aromatic heterocycles. The molecule has 1 amide bonds. The van der Waals surface area contributed by atoms with Gasteiger partial charge in [-0.1, -0.05) is 11.6 Å². The van der Waals surface area contributed by atoms with Crippen LogP contribution in [0.3, 0.4) is 0 Å². The van der Waals surface area contributed by atoms with Gasteiger partial charge in [-0.25, -0.2) is 9.36 Å². The zero-order valence-electron chi connectivity index (χ0n) is 14.4. The van der Waals surface area contributed by atoms with E-state index in [9.17, 15) is 14.4 Å². The molecule has 2 N–H and O–H groups in total. The SMILES string of the molecule is CCOc1ccc(-n2c(=O)[nH]cc(C(=O)Nc3ccc(Cl)cc3)c2=O)cc1. The van der Waals surface area contributed by atoms with E-state index in [1.165, 1.54) is 0 Å². The standard InChI is InChI=1S/C19H16ClN3O4/c1-2-27-15-9-7-14(8-10-15)23-18(25)16(11-21-19(23)26)17(24)22-13-5-3-12(20)4-6-13/h3-11H,2H2,1H3,(H,21,26)(H,22,24). The van der Waals surface area contributed by atoms with Crippen molar-refractivity contribution in [3.05, 3.63) is 86.2 Å². The number of carbonyl (C=O) groups is 1.